The summed E-state index contributed by atoms with van der Waals surface area (Å²) < 4.78 is 0. The lowest BCUT2D eigenvalue weighted by molar-refractivity contribution is 0.347. The molecular formula is C9H17NS. The number of rotatable bonds is 5. The predicted molar refractivity (Wildman–Crippen MR) is 53.2 cm³/mol. The fraction of sp³-hybridized carbons (Fsp3) is 0.778. The molecule has 1 nitrogen and oxygen atoms in total. The minimum Gasteiger partial charge on any atom is -0.302 e. The number of likely N-dealkylation sites (N-methyl/N-ethyl adjacent to an activating group) is 1. The Labute approximate surface area is 74.9 Å². The van der Waals surface area contributed by atoms with Gasteiger partial charge >= 0.3 is 0 Å². The van der Waals surface area contributed by atoms with Gasteiger partial charge in [0.1, 0.15) is 0 Å². The Kier molecular flexibility index (Phi) is 3.46. The number of hydrogen-bond acceptors (Lipinski definition) is 2. The van der Waals surface area contributed by atoms with Crippen molar-refractivity contribution >= 4 is 12.6 Å². The molecule has 0 aromatic carbocycles. The number of thiol groups is 1. The molecule has 64 valence electrons. The van der Waals surface area contributed by atoms with Crippen molar-refractivity contribution in [2.24, 2.45) is 5.92 Å². The van der Waals surface area contributed by atoms with Crippen LogP contribution < -0.4 is 0 Å². The second kappa shape index (κ2) is 4.17. The van der Waals surface area contributed by atoms with Crippen molar-refractivity contribution in [2.45, 2.75) is 12.8 Å². The molecule has 11 heavy (non-hydrogen) atoms. The fourth-order valence-corrected chi connectivity index (χ4v) is 1.34. The van der Waals surface area contributed by atoms with Crippen molar-refractivity contribution in [3.8, 4) is 0 Å². The molecular weight excluding hydrogens is 154 g/mol. The van der Waals surface area contributed by atoms with Gasteiger partial charge in [0.15, 0.2) is 0 Å². The molecule has 0 radical (unpaired) electrons. The van der Waals surface area contributed by atoms with E-state index >= 15 is 0 Å². The zero-order valence-electron chi connectivity index (χ0n) is 7.21. The van der Waals surface area contributed by atoms with Crippen LogP contribution in [0.5, 0.6) is 0 Å². The second-order valence-electron chi connectivity index (χ2n) is 3.55. The molecule has 1 aliphatic rings. The van der Waals surface area contributed by atoms with Crippen LogP contribution in [0.4, 0.5) is 0 Å². The minimum absolute atomic E-state index is 0.814. The topological polar surface area (TPSA) is 3.24 Å². The van der Waals surface area contributed by atoms with E-state index in [1.54, 1.807) is 0 Å². The molecule has 0 unspecified atom stereocenters. The van der Waals surface area contributed by atoms with Crippen molar-refractivity contribution < 1.29 is 0 Å². The van der Waals surface area contributed by atoms with Crippen molar-refractivity contribution in [1.82, 2.24) is 4.90 Å². The van der Waals surface area contributed by atoms with E-state index in [0.717, 1.165) is 18.2 Å². The maximum atomic E-state index is 4.17. The average molecular weight is 171 g/mol. The van der Waals surface area contributed by atoms with Gasteiger partial charge in [0.2, 0.25) is 0 Å². The highest BCUT2D eigenvalue weighted by atomic mass is 32.1. The third-order valence-electron chi connectivity index (χ3n) is 1.98. The Morgan fingerprint density at radius 1 is 1.64 bits per heavy atom. The van der Waals surface area contributed by atoms with Crippen LogP contribution in [0.25, 0.3) is 0 Å². The molecule has 1 rings (SSSR count). The van der Waals surface area contributed by atoms with Crippen LogP contribution in [0.15, 0.2) is 12.2 Å². The van der Waals surface area contributed by atoms with Crippen molar-refractivity contribution in [1.29, 1.82) is 0 Å². The molecule has 0 aromatic heterocycles. The number of nitrogens with zero attached hydrogens (tertiary/aromatic N) is 1. The van der Waals surface area contributed by atoms with Gasteiger partial charge in [-0.2, -0.15) is 12.6 Å². The van der Waals surface area contributed by atoms with Gasteiger partial charge in [-0.1, -0.05) is 12.2 Å². The Balaban J connectivity index is 2.08. The van der Waals surface area contributed by atoms with Gasteiger partial charge in [-0.05, 0) is 25.8 Å². The summed E-state index contributed by atoms with van der Waals surface area (Å²) in [6.07, 6.45) is 2.86. The van der Waals surface area contributed by atoms with Crippen molar-refractivity contribution in [3.05, 3.63) is 12.2 Å². The van der Waals surface area contributed by atoms with E-state index in [1.807, 2.05) is 0 Å². The second-order valence-corrected chi connectivity index (χ2v) is 3.86. The highest BCUT2D eigenvalue weighted by Gasteiger charge is 2.22. The minimum atomic E-state index is 0.814. The van der Waals surface area contributed by atoms with E-state index < -0.39 is 0 Å². The van der Waals surface area contributed by atoms with Crippen molar-refractivity contribution in [3.63, 3.8) is 0 Å². The molecule has 0 aliphatic heterocycles. The van der Waals surface area contributed by atoms with Gasteiger partial charge in [-0.25, -0.2) is 0 Å². The van der Waals surface area contributed by atoms with E-state index in [0.29, 0.717) is 0 Å². The van der Waals surface area contributed by atoms with E-state index in [4.69, 9.17) is 0 Å². The SMILES string of the molecule is C=C(CS)CN(C)CC1CC1. The van der Waals surface area contributed by atoms with E-state index in [1.165, 1.54) is 25.0 Å². The van der Waals surface area contributed by atoms with Crippen LogP contribution in [0, 0.1) is 5.92 Å². The third kappa shape index (κ3) is 3.82. The zero-order chi connectivity index (χ0) is 8.27. The predicted octanol–water partition coefficient (Wildman–Crippen LogP) is 1.81. The van der Waals surface area contributed by atoms with Gasteiger partial charge in [0.05, 0.1) is 0 Å². The Morgan fingerprint density at radius 3 is 2.73 bits per heavy atom. The summed E-state index contributed by atoms with van der Waals surface area (Å²) in [7, 11) is 2.16. The highest BCUT2D eigenvalue weighted by Crippen LogP contribution is 2.29. The maximum Gasteiger partial charge on any atom is 0.0195 e. The summed E-state index contributed by atoms with van der Waals surface area (Å²) in [5.41, 5.74) is 1.22. The first kappa shape index (κ1) is 9.14. The molecule has 0 N–H and O–H groups in total. The Morgan fingerprint density at radius 2 is 2.27 bits per heavy atom. The lowest BCUT2D eigenvalue weighted by Gasteiger charge is -2.16. The Bertz CT molecular complexity index is 140. The first-order chi connectivity index (χ1) is 5.22. The summed E-state index contributed by atoms with van der Waals surface area (Å²) >= 11 is 4.17. The lowest BCUT2D eigenvalue weighted by atomic mass is 10.3. The Hall–Kier alpha value is 0.0500. The summed E-state index contributed by atoms with van der Waals surface area (Å²) in [6.45, 7) is 6.18. The normalized spacial score (nSPS) is 17.4. The van der Waals surface area contributed by atoms with Crippen molar-refractivity contribution in [2.75, 3.05) is 25.9 Å². The molecule has 0 atom stereocenters. The van der Waals surface area contributed by atoms with Gasteiger partial charge in [0, 0.05) is 18.8 Å². The summed E-state index contributed by atoms with van der Waals surface area (Å²) in [5.74, 6) is 1.79. The van der Waals surface area contributed by atoms with E-state index in [9.17, 15) is 0 Å². The molecule has 0 bridgehead atoms. The van der Waals surface area contributed by atoms with E-state index in [-0.39, 0.29) is 0 Å². The standard InChI is InChI=1S/C9H17NS/c1-8(7-11)5-10(2)6-9-3-4-9/h9,11H,1,3-7H2,2H3. The number of hydrogen-bond donors (Lipinski definition) is 1. The molecule has 2 heteroatoms. The van der Waals surface area contributed by atoms with Crippen LogP contribution in [0.3, 0.4) is 0 Å². The summed E-state index contributed by atoms with van der Waals surface area (Å²) in [6, 6.07) is 0. The van der Waals surface area contributed by atoms with Gasteiger partial charge < -0.3 is 4.90 Å². The third-order valence-corrected chi connectivity index (χ3v) is 2.43. The quantitative estimate of drug-likeness (QED) is 0.488. The lowest BCUT2D eigenvalue weighted by Crippen LogP contribution is -2.23. The molecule has 1 fully saturated rings. The maximum absolute atomic E-state index is 4.17. The van der Waals surface area contributed by atoms with Gasteiger partial charge in [-0.15, -0.1) is 0 Å². The van der Waals surface area contributed by atoms with E-state index in [2.05, 4.69) is 31.2 Å². The first-order valence-electron chi connectivity index (χ1n) is 4.18. The largest absolute Gasteiger partial charge is 0.302 e. The molecule has 0 heterocycles. The molecule has 0 spiro atoms. The first-order valence-corrected chi connectivity index (χ1v) is 4.81. The molecule has 0 aromatic rings. The monoisotopic (exact) mass is 171 g/mol. The summed E-state index contributed by atoms with van der Waals surface area (Å²) in [5, 5.41) is 0. The van der Waals surface area contributed by atoms with Crippen LogP contribution >= 0.6 is 12.6 Å². The van der Waals surface area contributed by atoms with Gasteiger partial charge in [-0.3, -0.25) is 0 Å². The van der Waals surface area contributed by atoms with Gasteiger partial charge in [0.25, 0.3) is 0 Å². The van der Waals surface area contributed by atoms with Crippen LogP contribution in [-0.2, 0) is 0 Å². The fourth-order valence-electron chi connectivity index (χ4n) is 1.24. The molecule has 0 saturated heterocycles. The molecule has 1 aliphatic carbocycles. The average Bonchev–Trinajstić information content (AvgIpc) is 2.71. The van der Waals surface area contributed by atoms with Crippen LogP contribution in [-0.4, -0.2) is 30.8 Å². The zero-order valence-corrected chi connectivity index (χ0v) is 8.11. The van der Waals surface area contributed by atoms with Crippen LogP contribution in [0.2, 0.25) is 0 Å². The summed E-state index contributed by atoms with van der Waals surface area (Å²) in [4.78, 5) is 2.34. The molecule has 0 amide bonds. The smallest absolute Gasteiger partial charge is 0.0195 e. The highest BCUT2D eigenvalue weighted by molar-refractivity contribution is 7.80. The molecule has 1 saturated carbocycles. The van der Waals surface area contributed by atoms with Crippen LogP contribution in [0.1, 0.15) is 12.8 Å².